The van der Waals surface area contributed by atoms with E-state index in [1.165, 1.54) is 0 Å². The molecule has 0 nitrogen and oxygen atoms in total. The van der Waals surface area contributed by atoms with Gasteiger partial charge in [-0.1, -0.05) is 0 Å². The van der Waals surface area contributed by atoms with Crippen molar-refractivity contribution in [3.05, 3.63) is 7.43 Å². The Kier molecular flexibility index (Phi) is 1020. The molecule has 0 saturated heterocycles. The molecule has 36 valence electrons. The van der Waals surface area contributed by atoms with Crippen molar-refractivity contribution in [3.8, 4) is 0 Å². The summed E-state index contributed by atoms with van der Waals surface area (Å²) in [5.41, 5.74) is 0. The largest absolute Gasteiger partial charge is 0.197 e. The first-order valence-electron chi connectivity index (χ1n) is 0. The van der Waals surface area contributed by atoms with Gasteiger partial charge in [-0.2, -0.15) is 54.0 Å². The second-order valence-corrected chi connectivity index (χ2v) is 0. The van der Waals surface area contributed by atoms with Gasteiger partial charge in [0.25, 0.3) is 0 Å². The molecule has 0 spiro atoms. The first-order valence-corrected chi connectivity index (χ1v) is 0. The standard InChI is InChI=1S/C.4H2S/h;4*1H2. The van der Waals surface area contributed by atoms with Crippen LogP contribution >= 0.6 is 54.0 Å². The molecule has 0 aliphatic rings. The predicted molar refractivity (Wildman–Crippen MR) is 44.8 cm³/mol. The van der Waals surface area contributed by atoms with Crippen LogP contribution in [-0.2, 0) is 0 Å². The molecule has 0 aromatic carbocycles. The smallest absolute Gasteiger partial charge is 0 e. The maximum Gasteiger partial charge on any atom is 0 e. The van der Waals surface area contributed by atoms with Crippen LogP contribution in [0.2, 0.25) is 0 Å². The van der Waals surface area contributed by atoms with Crippen LogP contribution in [0.3, 0.4) is 0 Å². The van der Waals surface area contributed by atoms with Crippen molar-refractivity contribution in [2.24, 2.45) is 0 Å². The summed E-state index contributed by atoms with van der Waals surface area (Å²) in [6, 6.07) is 0. The Hall–Kier alpha value is 1.40. The third-order valence-corrected chi connectivity index (χ3v) is 0. The molecule has 0 atom stereocenters. The van der Waals surface area contributed by atoms with Crippen LogP contribution in [0.5, 0.6) is 0 Å². The molecule has 0 heterocycles. The Balaban J connectivity index is 0. The summed E-state index contributed by atoms with van der Waals surface area (Å²) >= 11 is 0. The average molecular weight is 148 g/mol. The third-order valence-electron chi connectivity index (χ3n) is 0. The third kappa shape index (κ3) is 31.8. The molecule has 0 rings (SSSR count). The van der Waals surface area contributed by atoms with E-state index < -0.39 is 0 Å². The Labute approximate surface area is 61.5 Å². The molecular formula is CH8S4. The van der Waals surface area contributed by atoms with Gasteiger partial charge in [0.05, 0.1) is 0 Å². The Bertz CT molecular complexity index is 3.61. The van der Waals surface area contributed by atoms with Crippen molar-refractivity contribution in [2.75, 3.05) is 0 Å². The predicted octanol–water partition coefficient (Wildman–Crippen LogP) is 0.532. The quantitative estimate of drug-likeness (QED) is 0.470. The van der Waals surface area contributed by atoms with Crippen molar-refractivity contribution >= 4 is 54.0 Å². The van der Waals surface area contributed by atoms with E-state index >= 15 is 0 Å². The van der Waals surface area contributed by atoms with E-state index in [-0.39, 0.29) is 61.4 Å². The first-order chi connectivity index (χ1) is 0. The molecule has 0 fully saturated rings. The zero-order valence-electron chi connectivity index (χ0n) is 2.50. The van der Waals surface area contributed by atoms with Gasteiger partial charge < -0.3 is 0 Å². The second-order valence-electron chi connectivity index (χ2n) is 0. The molecule has 4 radical (unpaired) electrons. The van der Waals surface area contributed by atoms with E-state index in [0.29, 0.717) is 0 Å². The van der Waals surface area contributed by atoms with Crippen LogP contribution in [0.1, 0.15) is 0 Å². The molecule has 0 aromatic heterocycles. The number of hydrogen-bond donors (Lipinski definition) is 0. The van der Waals surface area contributed by atoms with Crippen molar-refractivity contribution in [3.63, 3.8) is 0 Å². The highest BCUT2D eigenvalue weighted by atomic mass is 32.1. The van der Waals surface area contributed by atoms with E-state index in [4.69, 9.17) is 0 Å². The van der Waals surface area contributed by atoms with Crippen LogP contribution in [0.4, 0.5) is 0 Å². The molecule has 0 unspecified atom stereocenters. The van der Waals surface area contributed by atoms with Crippen LogP contribution in [0.25, 0.3) is 0 Å². The minimum Gasteiger partial charge on any atom is -0.197 e. The van der Waals surface area contributed by atoms with Gasteiger partial charge in [0.1, 0.15) is 0 Å². The van der Waals surface area contributed by atoms with Crippen LogP contribution in [0, 0.1) is 7.43 Å². The maximum atomic E-state index is 0. The molecular weight excluding hydrogens is 140 g/mol. The maximum absolute atomic E-state index is 0. The lowest BCUT2D eigenvalue weighted by Crippen LogP contribution is 0.0813. The van der Waals surface area contributed by atoms with Crippen LogP contribution < -0.4 is 0 Å². The van der Waals surface area contributed by atoms with Crippen LogP contribution in [-0.4, -0.2) is 0 Å². The van der Waals surface area contributed by atoms with Crippen molar-refractivity contribution < 1.29 is 0 Å². The van der Waals surface area contributed by atoms with E-state index in [0.717, 1.165) is 0 Å². The molecule has 0 aromatic rings. The summed E-state index contributed by atoms with van der Waals surface area (Å²) in [7, 11) is 0. The van der Waals surface area contributed by atoms with Crippen molar-refractivity contribution in [2.45, 2.75) is 0 Å². The van der Waals surface area contributed by atoms with Gasteiger partial charge in [0.15, 0.2) is 0 Å². The first kappa shape index (κ1) is 95.2. The molecule has 0 saturated carbocycles. The van der Waals surface area contributed by atoms with Gasteiger partial charge >= 0.3 is 0 Å². The molecule has 4 heteroatoms. The highest BCUT2D eigenvalue weighted by molar-refractivity contribution is 7.59. The summed E-state index contributed by atoms with van der Waals surface area (Å²) in [5, 5.41) is 0. The molecule has 0 aliphatic heterocycles. The summed E-state index contributed by atoms with van der Waals surface area (Å²) in [6.07, 6.45) is 0. The zero-order valence-corrected chi connectivity index (χ0v) is 6.50. The molecule has 0 N–H and O–H groups in total. The Morgan fingerprint density at radius 2 is 0.400 bits per heavy atom. The van der Waals surface area contributed by atoms with Crippen molar-refractivity contribution in [1.29, 1.82) is 0 Å². The van der Waals surface area contributed by atoms with Crippen molar-refractivity contribution in [1.82, 2.24) is 0 Å². The van der Waals surface area contributed by atoms with Gasteiger partial charge in [-0.05, 0) is 0 Å². The highest BCUT2D eigenvalue weighted by Gasteiger charge is 0.0000206. The minimum atomic E-state index is 0. The minimum absolute atomic E-state index is 0. The summed E-state index contributed by atoms with van der Waals surface area (Å²) in [5.74, 6) is 0. The fourth-order valence-corrected chi connectivity index (χ4v) is 0. The molecule has 0 aliphatic carbocycles. The van der Waals surface area contributed by atoms with Gasteiger partial charge in [-0.25, -0.2) is 0 Å². The van der Waals surface area contributed by atoms with E-state index in [1.54, 1.807) is 0 Å². The monoisotopic (exact) mass is 148 g/mol. The lowest BCUT2D eigenvalue weighted by atomic mass is 12.0. The van der Waals surface area contributed by atoms with E-state index in [2.05, 4.69) is 0 Å². The van der Waals surface area contributed by atoms with Gasteiger partial charge in [-0.15, -0.1) is 0 Å². The number of hydrogen-bond acceptors (Lipinski definition) is 0. The summed E-state index contributed by atoms with van der Waals surface area (Å²) in [4.78, 5) is 0. The van der Waals surface area contributed by atoms with E-state index in [1.807, 2.05) is 0 Å². The fraction of sp³-hybridized carbons (Fsp3) is 0. The zero-order chi connectivity index (χ0) is 0. The van der Waals surface area contributed by atoms with Gasteiger partial charge in [0.2, 0.25) is 0 Å². The summed E-state index contributed by atoms with van der Waals surface area (Å²) in [6.45, 7) is 0. The SMILES string of the molecule is S.S.S.S.[C]. The topological polar surface area (TPSA) is 0 Å². The Morgan fingerprint density at radius 1 is 0.400 bits per heavy atom. The molecule has 0 amide bonds. The van der Waals surface area contributed by atoms with Gasteiger partial charge in [0, 0.05) is 7.43 Å². The molecule has 0 bridgehead atoms. The van der Waals surface area contributed by atoms with E-state index in [9.17, 15) is 0 Å². The van der Waals surface area contributed by atoms with Gasteiger partial charge in [-0.3, -0.25) is 0 Å². The Morgan fingerprint density at radius 3 is 0.400 bits per heavy atom. The fourth-order valence-electron chi connectivity index (χ4n) is 0. The molecule has 5 heavy (non-hydrogen) atoms. The highest BCUT2D eigenvalue weighted by Crippen LogP contribution is 0.651. The normalized spacial score (nSPS) is 0. The lowest BCUT2D eigenvalue weighted by molar-refractivity contribution is 3.24. The average Bonchev–Trinajstić information content (AvgIpc) is 0. The van der Waals surface area contributed by atoms with Crippen LogP contribution in [0.15, 0.2) is 0 Å². The second kappa shape index (κ2) is 53.3. The lowest BCUT2D eigenvalue weighted by Gasteiger charge is -0.198. The summed E-state index contributed by atoms with van der Waals surface area (Å²) < 4.78 is 0. The number of rotatable bonds is 0.